The zero-order valence-electron chi connectivity index (χ0n) is 13.2. The monoisotopic (exact) mass is 349 g/mol. The Bertz CT molecular complexity index is 800. The molecule has 1 aromatic carbocycles. The quantitative estimate of drug-likeness (QED) is 0.892. The molecule has 0 radical (unpaired) electrons. The summed E-state index contributed by atoms with van der Waals surface area (Å²) in [6.45, 7) is 0.546. The van der Waals surface area contributed by atoms with Gasteiger partial charge in [0.1, 0.15) is 11.5 Å². The van der Waals surface area contributed by atoms with Crippen LogP contribution in [0.4, 0.5) is 0 Å². The van der Waals surface area contributed by atoms with Gasteiger partial charge in [-0.15, -0.1) is 0 Å². The fourth-order valence-corrected chi connectivity index (χ4v) is 5.18. The highest BCUT2D eigenvalue weighted by Crippen LogP contribution is 2.42. The molecule has 2 bridgehead atoms. The van der Waals surface area contributed by atoms with E-state index in [1.54, 1.807) is 12.1 Å². The summed E-state index contributed by atoms with van der Waals surface area (Å²) < 4.78 is 32.5. The summed E-state index contributed by atoms with van der Waals surface area (Å²) in [7, 11) is -3.90. The summed E-state index contributed by atoms with van der Waals surface area (Å²) in [5.74, 6) is -0.0780. The van der Waals surface area contributed by atoms with Crippen molar-refractivity contribution in [2.24, 2.45) is 17.8 Å². The van der Waals surface area contributed by atoms with Gasteiger partial charge in [-0.25, -0.2) is 13.1 Å². The number of ether oxygens (including phenoxy) is 1. The Morgan fingerprint density at radius 3 is 2.58 bits per heavy atom. The molecular formula is C17H19NO5S. The molecule has 6 nitrogen and oxygen atoms in total. The van der Waals surface area contributed by atoms with E-state index in [1.165, 1.54) is 6.07 Å². The highest BCUT2D eigenvalue weighted by atomic mass is 32.2. The lowest BCUT2D eigenvalue weighted by atomic mass is 9.80. The van der Waals surface area contributed by atoms with Gasteiger partial charge in [-0.2, -0.15) is 0 Å². The molecular weight excluding hydrogens is 330 g/mol. The van der Waals surface area contributed by atoms with Crippen molar-refractivity contribution in [1.29, 1.82) is 0 Å². The van der Waals surface area contributed by atoms with Crippen molar-refractivity contribution in [2.75, 3.05) is 6.61 Å². The highest BCUT2D eigenvalue weighted by Gasteiger charge is 2.44. The minimum absolute atomic E-state index is 0.0700. The van der Waals surface area contributed by atoms with E-state index in [9.17, 15) is 18.0 Å². The van der Waals surface area contributed by atoms with Crippen molar-refractivity contribution in [1.82, 2.24) is 4.72 Å². The van der Waals surface area contributed by atoms with Crippen LogP contribution in [0.3, 0.4) is 0 Å². The van der Waals surface area contributed by atoms with Gasteiger partial charge in [0, 0.05) is 24.2 Å². The van der Waals surface area contributed by atoms with E-state index in [4.69, 9.17) is 4.74 Å². The second-order valence-corrected chi connectivity index (χ2v) is 8.56. The van der Waals surface area contributed by atoms with Crippen LogP contribution < -0.4 is 9.46 Å². The van der Waals surface area contributed by atoms with Gasteiger partial charge in [0.05, 0.1) is 11.5 Å². The number of nitrogens with one attached hydrogen (secondary N) is 1. The van der Waals surface area contributed by atoms with Gasteiger partial charge in [-0.05, 0) is 49.4 Å². The summed E-state index contributed by atoms with van der Waals surface area (Å²) in [4.78, 5) is 24.4. The minimum atomic E-state index is -3.90. The summed E-state index contributed by atoms with van der Waals surface area (Å²) in [6, 6.07) is 4.64. The first-order valence-electron chi connectivity index (χ1n) is 8.30. The zero-order valence-corrected chi connectivity index (χ0v) is 14.0. The van der Waals surface area contributed by atoms with Gasteiger partial charge in [0.15, 0.2) is 0 Å². The van der Waals surface area contributed by atoms with Gasteiger partial charge >= 0.3 is 0 Å². The van der Waals surface area contributed by atoms with Gasteiger partial charge in [-0.3, -0.25) is 9.59 Å². The topological polar surface area (TPSA) is 89.5 Å². The number of ketones is 1. The standard InChI is InChI=1S/C17H19NO5S/c19-16-11-1-2-12(16)8-13(7-11)17(20)18-24(21,22)14-3-4-15-10(9-14)5-6-23-15/h3-4,9,11-13H,1-2,5-8H2,(H,18,20)/t11-,12+,13?. The molecule has 0 spiro atoms. The maximum atomic E-state index is 12.5. The molecule has 7 heteroatoms. The molecule has 1 aromatic rings. The molecule has 0 saturated heterocycles. The molecule has 128 valence electrons. The van der Waals surface area contributed by atoms with Gasteiger partial charge in [-0.1, -0.05) is 0 Å². The largest absolute Gasteiger partial charge is 0.493 e. The van der Waals surface area contributed by atoms with E-state index < -0.39 is 21.8 Å². The molecule has 1 N–H and O–H groups in total. The van der Waals surface area contributed by atoms with Crippen molar-refractivity contribution in [2.45, 2.75) is 37.0 Å². The maximum absolute atomic E-state index is 12.5. The van der Waals surface area contributed by atoms with Crippen molar-refractivity contribution in [3.63, 3.8) is 0 Å². The smallest absolute Gasteiger partial charge is 0.264 e. The number of Topliss-reactive ketones (excluding diaryl/α,β-unsaturated/α-hetero) is 1. The fraction of sp³-hybridized carbons (Fsp3) is 0.529. The predicted octanol–water partition coefficient (Wildman–Crippen LogP) is 1.43. The molecule has 24 heavy (non-hydrogen) atoms. The van der Waals surface area contributed by atoms with Crippen LogP contribution in [0.15, 0.2) is 23.1 Å². The second kappa shape index (κ2) is 5.58. The maximum Gasteiger partial charge on any atom is 0.264 e. The molecule has 4 rings (SSSR count). The number of benzene rings is 1. The average molecular weight is 349 g/mol. The number of sulfonamides is 1. The molecule has 1 unspecified atom stereocenters. The Kier molecular flexibility index (Phi) is 3.63. The first-order chi connectivity index (χ1) is 11.4. The fourth-order valence-electron chi connectivity index (χ4n) is 4.09. The lowest BCUT2D eigenvalue weighted by molar-refractivity contribution is -0.131. The molecule has 2 aliphatic carbocycles. The first kappa shape index (κ1) is 15.6. The minimum Gasteiger partial charge on any atom is -0.493 e. The number of amides is 1. The lowest BCUT2D eigenvalue weighted by Crippen LogP contribution is -2.40. The highest BCUT2D eigenvalue weighted by molar-refractivity contribution is 7.90. The summed E-state index contributed by atoms with van der Waals surface area (Å²) in [6.07, 6.45) is 3.25. The molecule has 3 aliphatic rings. The third kappa shape index (κ3) is 2.60. The molecule has 3 atom stereocenters. The van der Waals surface area contributed by atoms with Crippen molar-refractivity contribution in [3.8, 4) is 5.75 Å². The average Bonchev–Trinajstić information content (AvgIpc) is 3.06. The normalized spacial score (nSPS) is 28.3. The van der Waals surface area contributed by atoms with Crippen LogP contribution in [0.25, 0.3) is 0 Å². The molecule has 2 saturated carbocycles. The Morgan fingerprint density at radius 2 is 1.88 bits per heavy atom. The van der Waals surface area contributed by atoms with E-state index in [0.29, 0.717) is 31.6 Å². The third-order valence-electron chi connectivity index (χ3n) is 5.38. The number of rotatable bonds is 3. The molecule has 1 aliphatic heterocycles. The van der Waals surface area contributed by atoms with E-state index in [-0.39, 0.29) is 22.5 Å². The van der Waals surface area contributed by atoms with Crippen molar-refractivity contribution >= 4 is 21.7 Å². The molecule has 0 aromatic heterocycles. The Labute approximate surface area is 140 Å². The Balaban J connectivity index is 1.50. The van der Waals surface area contributed by atoms with E-state index in [1.807, 2.05) is 0 Å². The Morgan fingerprint density at radius 1 is 1.17 bits per heavy atom. The number of fused-ring (bicyclic) bond motifs is 3. The summed E-state index contributed by atoms with van der Waals surface area (Å²) >= 11 is 0. The van der Waals surface area contributed by atoms with Crippen LogP contribution in [0.1, 0.15) is 31.2 Å². The van der Waals surface area contributed by atoms with Crippen LogP contribution in [0, 0.1) is 17.8 Å². The molecule has 1 heterocycles. The lowest BCUT2D eigenvalue weighted by Gasteiger charge is -2.25. The second-order valence-electron chi connectivity index (χ2n) is 6.88. The van der Waals surface area contributed by atoms with Crippen LogP contribution in [0.2, 0.25) is 0 Å². The first-order valence-corrected chi connectivity index (χ1v) is 9.78. The third-order valence-corrected chi connectivity index (χ3v) is 6.73. The summed E-state index contributed by atoms with van der Waals surface area (Å²) in [5, 5.41) is 0. The van der Waals surface area contributed by atoms with Crippen LogP contribution in [-0.2, 0) is 26.0 Å². The van der Waals surface area contributed by atoms with E-state index in [2.05, 4.69) is 4.72 Å². The van der Waals surface area contributed by atoms with E-state index >= 15 is 0 Å². The van der Waals surface area contributed by atoms with Crippen LogP contribution in [0.5, 0.6) is 5.75 Å². The number of hydrogen-bond acceptors (Lipinski definition) is 5. The van der Waals surface area contributed by atoms with Gasteiger partial charge < -0.3 is 4.74 Å². The van der Waals surface area contributed by atoms with Gasteiger partial charge in [0.25, 0.3) is 10.0 Å². The zero-order chi connectivity index (χ0) is 16.9. The SMILES string of the molecule is O=C(NS(=O)(=O)c1ccc2c(c1)CCO2)C1C[C@H]2CC[C@@H](C1)C2=O. The van der Waals surface area contributed by atoms with Crippen molar-refractivity contribution < 1.29 is 22.7 Å². The van der Waals surface area contributed by atoms with Crippen LogP contribution in [-0.4, -0.2) is 26.7 Å². The molecule has 1 amide bonds. The van der Waals surface area contributed by atoms with Crippen molar-refractivity contribution in [3.05, 3.63) is 23.8 Å². The number of carbonyl (C=O) groups excluding carboxylic acids is 2. The Hall–Kier alpha value is -1.89. The summed E-state index contributed by atoms with van der Waals surface area (Å²) in [5.41, 5.74) is 0.839. The number of hydrogen-bond donors (Lipinski definition) is 1. The predicted molar refractivity (Wildman–Crippen MR) is 84.9 cm³/mol. The van der Waals surface area contributed by atoms with Gasteiger partial charge in [0.2, 0.25) is 5.91 Å². The van der Waals surface area contributed by atoms with E-state index in [0.717, 1.165) is 18.4 Å². The molecule has 2 fully saturated rings. The number of carbonyl (C=O) groups is 2. The van der Waals surface area contributed by atoms with Crippen LogP contribution >= 0.6 is 0 Å².